The summed E-state index contributed by atoms with van der Waals surface area (Å²) in [5.41, 5.74) is 0. The molecule has 0 atom stereocenters. The maximum Gasteiger partial charge on any atom is 0.480 e. The van der Waals surface area contributed by atoms with Crippen molar-refractivity contribution in [3.63, 3.8) is 0 Å². The first-order valence-electron chi connectivity index (χ1n) is 1.55. The van der Waals surface area contributed by atoms with Crippen LogP contribution in [0.5, 0.6) is 0 Å². The van der Waals surface area contributed by atoms with E-state index in [-0.39, 0.29) is 6.04 Å². The fourth-order valence-electron chi connectivity index (χ4n) is 0.109. The van der Waals surface area contributed by atoms with Crippen molar-refractivity contribution >= 4 is 9.46 Å². The lowest BCUT2D eigenvalue weighted by atomic mass is 10.8. The minimum atomic E-state index is -3.00. The lowest BCUT2D eigenvalue weighted by Gasteiger charge is -1.78. The van der Waals surface area contributed by atoms with Crippen molar-refractivity contribution in [2.24, 2.45) is 0 Å². The summed E-state index contributed by atoms with van der Waals surface area (Å²) >= 11 is 0. The Morgan fingerprint density at radius 2 is 2.17 bits per heavy atom. The van der Waals surface area contributed by atoms with Gasteiger partial charge in [0.15, 0.2) is 0 Å². The average Bonchev–Trinajstić information content (AvgIpc) is 1.35. The van der Waals surface area contributed by atoms with E-state index in [9.17, 15) is 8.22 Å². The summed E-state index contributed by atoms with van der Waals surface area (Å²) in [4.78, 5) is 0. The second-order valence-corrected chi connectivity index (χ2v) is 1.92. The van der Waals surface area contributed by atoms with Crippen molar-refractivity contribution in [3.8, 4) is 0 Å². The third-order valence-corrected chi connectivity index (χ3v) is 0.896. The first-order chi connectivity index (χ1) is 2.77. The molecule has 0 unspecified atom stereocenters. The van der Waals surface area contributed by atoms with Crippen LogP contribution in [0, 0.1) is 0 Å². The molecule has 0 saturated carbocycles. The molecule has 0 aromatic rings. The smallest absolute Gasteiger partial charge is 0.268 e. The third-order valence-electron chi connectivity index (χ3n) is 0.299. The number of hydrogen-bond acceptors (Lipinski definition) is 0. The Morgan fingerprint density at radius 1 is 1.67 bits per heavy atom. The summed E-state index contributed by atoms with van der Waals surface area (Å²) < 4.78 is 22.1. The maximum absolute atomic E-state index is 11.1. The Kier molecular flexibility index (Phi) is 2.93. The van der Waals surface area contributed by atoms with E-state index in [0.717, 1.165) is 0 Å². The van der Waals surface area contributed by atoms with Crippen molar-refractivity contribution in [1.82, 2.24) is 0 Å². The van der Waals surface area contributed by atoms with Gasteiger partial charge in [-0.3, -0.25) is 8.22 Å². The fraction of sp³-hybridized carbons (Fsp3) is 0.333. The summed E-state index contributed by atoms with van der Waals surface area (Å²) in [5.74, 6) is 0. The van der Waals surface area contributed by atoms with Crippen LogP contribution in [-0.2, 0) is 0 Å². The molecule has 0 aliphatic heterocycles. The van der Waals surface area contributed by atoms with Gasteiger partial charge in [0.2, 0.25) is 0 Å². The highest BCUT2D eigenvalue weighted by Crippen LogP contribution is 1.92. The van der Waals surface area contributed by atoms with Crippen molar-refractivity contribution in [2.45, 2.75) is 6.04 Å². The Labute approximate surface area is 37.4 Å². The van der Waals surface area contributed by atoms with Gasteiger partial charge in [0.1, 0.15) is 0 Å². The van der Waals surface area contributed by atoms with Crippen LogP contribution in [0.4, 0.5) is 8.22 Å². The van der Waals surface area contributed by atoms with Crippen LogP contribution < -0.4 is 0 Å². The molecule has 35 valence electrons. The third kappa shape index (κ3) is 3.82. The monoisotopic (exact) mass is 107 g/mol. The molecule has 0 amide bonds. The molecule has 0 aromatic carbocycles. The highest BCUT2D eigenvalue weighted by molar-refractivity contribution is 6.43. The minimum absolute atomic E-state index is 0.0926. The summed E-state index contributed by atoms with van der Waals surface area (Å²) in [7, 11) is -3.00. The molecule has 3 heteroatoms. The van der Waals surface area contributed by atoms with E-state index in [1.165, 1.54) is 6.08 Å². The Bertz CT molecular complexity index is 44.1. The molecule has 0 N–H and O–H groups in total. The summed E-state index contributed by atoms with van der Waals surface area (Å²) in [5, 5.41) is 0. The quantitative estimate of drug-likeness (QED) is 0.285. The van der Waals surface area contributed by atoms with Gasteiger partial charge in [0, 0.05) is 6.04 Å². The lowest BCUT2D eigenvalue weighted by Crippen LogP contribution is -1.89. The summed E-state index contributed by atoms with van der Waals surface area (Å²) in [6.45, 7) is 3.15. The average molecular weight is 107 g/mol. The fourth-order valence-corrected chi connectivity index (χ4v) is 0.327. The largest absolute Gasteiger partial charge is 0.480 e. The molecule has 0 aliphatic carbocycles. The van der Waals surface area contributed by atoms with Crippen molar-refractivity contribution in [3.05, 3.63) is 12.7 Å². The van der Waals surface area contributed by atoms with Gasteiger partial charge < -0.3 is 0 Å². The molecule has 0 aliphatic rings. The van der Waals surface area contributed by atoms with Crippen LogP contribution in [0.2, 0.25) is 6.04 Å². The zero-order valence-corrected chi connectivity index (χ0v) is 4.25. The van der Waals surface area contributed by atoms with Gasteiger partial charge in [0.25, 0.3) is 0 Å². The number of hydrogen-bond donors (Lipinski definition) is 0. The topological polar surface area (TPSA) is 0 Å². The van der Waals surface area contributed by atoms with E-state index in [4.69, 9.17) is 0 Å². The summed E-state index contributed by atoms with van der Waals surface area (Å²) in [6, 6.07) is -0.0926. The molecule has 0 nitrogen and oxygen atoms in total. The number of rotatable bonds is 2. The molecule has 1 radical (unpaired) electrons. The zero-order valence-electron chi connectivity index (χ0n) is 3.25. The molecule has 0 saturated heterocycles. The Morgan fingerprint density at radius 3 is 2.17 bits per heavy atom. The molecule has 0 fully saturated rings. The van der Waals surface area contributed by atoms with E-state index in [1.54, 1.807) is 0 Å². The number of halogens is 2. The predicted molar refractivity (Wildman–Crippen MR) is 23.0 cm³/mol. The van der Waals surface area contributed by atoms with Crippen molar-refractivity contribution in [2.75, 3.05) is 0 Å². The number of allylic oxidation sites excluding steroid dienone is 1. The Hall–Kier alpha value is -0.183. The molecule has 0 bridgehead atoms. The zero-order chi connectivity index (χ0) is 4.99. The molecule has 6 heavy (non-hydrogen) atoms. The first kappa shape index (κ1) is 5.82. The van der Waals surface area contributed by atoms with Crippen LogP contribution >= 0.6 is 0 Å². The van der Waals surface area contributed by atoms with Crippen molar-refractivity contribution < 1.29 is 8.22 Å². The van der Waals surface area contributed by atoms with E-state index >= 15 is 0 Å². The van der Waals surface area contributed by atoms with E-state index in [2.05, 4.69) is 6.58 Å². The van der Waals surface area contributed by atoms with Crippen LogP contribution in [0.15, 0.2) is 12.7 Å². The molecule has 0 spiro atoms. The van der Waals surface area contributed by atoms with Gasteiger partial charge in [0.05, 0.1) is 0 Å². The standard InChI is InChI=1S/C3H5F2Si/c1-2-3-6(4)5/h2H,1,3H2. The van der Waals surface area contributed by atoms with Crippen LogP contribution in [0.3, 0.4) is 0 Å². The van der Waals surface area contributed by atoms with Crippen molar-refractivity contribution in [1.29, 1.82) is 0 Å². The maximum atomic E-state index is 11.1. The highest BCUT2D eigenvalue weighted by atomic mass is 28.4. The van der Waals surface area contributed by atoms with Gasteiger partial charge in [-0.1, -0.05) is 6.08 Å². The van der Waals surface area contributed by atoms with Crippen LogP contribution in [-0.4, -0.2) is 9.46 Å². The SMILES string of the molecule is C=CC[Si](F)F. The van der Waals surface area contributed by atoms with Gasteiger partial charge in [-0.25, -0.2) is 0 Å². The molecule has 0 heterocycles. The van der Waals surface area contributed by atoms with Gasteiger partial charge in [-0.15, -0.1) is 6.58 Å². The Balaban J connectivity index is 2.81. The first-order valence-corrected chi connectivity index (χ1v) is 3.01. The second-order valence-electron chi connectivity index (χ2n) is 0.831. The van der Waals surface area contributed by atoms with Gasteiger partial charge >= 0.3 is 9.46 Å². The molecule has 0 rings (SSSR count). The van der Waals surface area contributed by atoms with Crippen LogP contribution in [0.1, 0.15) is 0 Å². The normalized spacial score (nSPS) is 9.17. The molecular weight excluding hydrogens is 102 g/mol. The second kappa shape index (κ2) is 3.02. The van der Waals surface area contributed by atoms with E-state index < -0.39 is 9.46 Å². The lowest BCUT2D eigenvalue weighted by molar-refractivity contribution is 0.664. The van der Waals surface area contributed by atoms with E-state index in [0.29, 0.717) is 0 Å². The summed E-state index contributed by atoms with van der Waals surface area (Å²) in [6.07, 6.45) is 1.24. The van der Waals surface area contributed by atoms with Gasteiger partial charge in [-0.05, 0) is 0 Å². The van der Waals surface area contributed by atoms with Crippen LogP contribution in [0.25, 0.3) is 0 Å². The van der Waals surface area contributed by atoms with Gasteiger partial charge in [-0.2, -0.15) is 0 Å². The van der Waals surface area contributed by atoms with E-state index in [1.807, 2.05) is 0 Å². The molecule has 0 aromatic heterocycles. The molecular formula is C3H5F2Si. The predicted octanol–water partition coefficient (Wildman–Crippen LogP) is 1.60. The highest BCUT2D eigenvalue weighted by Gasteiger charge is 2.03. The minimum Gasteiger partial charge on any atom is -0.268 e.